The molecule has 116 valence electrons. The third kappa shape index (κ3) is 2.44. The van der Waals surface area contributed by atoms with Gasteiger partial charge in [0.2, 0.25) is 0 Å². The van der Waals surface area contributed by atoms with Gasteiger partial charge in [-0.2, -0.15) is 5.26 Å². The van der Waals surface area contributed by atoms with E-state index in [0.29, 0.717) is 12.8 Å². The minimum atomic E-state index is -3.12. The highest BCUT2D eigenvalue weighted by atomic mass is 32.2. The monoisotopic (exact) mass is 321 g/mol. The summed E-state index contributed by atoms with van der Waals surface area (Å²) in [4.78, 5) is 12.5. The van der Waals surface area contributed by atoms with E-state index >= 15 is 0 Å². The third-order valence-electron chi connectivity index (χ3n) is 4.81. The first kappa shape index (κ1) is 15.2. The molecule has 2 aliphatic heterocycles. The molecule has 2 saturated heterocycles. The summed E-state index contributed by atoms with van der Waals surface area (Å²) >= 11 is 0. The summed E-state index contributed by atoms with van der Waals surface area (Å²) in [6.07, 6.45) is 2.64. The van der Waals surface area contributed by atoms with Crippen LogP contribution in [0.15, 0.2) is 18.2 Å². The average Bonchev–Trinajstić information content (AvgIpc) is 2.45. The van der Waals surface area contributed by atoms with Crippen LogP contribution < -0.4 is 0 Å². The van der Waals surface area contributed by atoms with E-state index < -0.39 is 32.1 Å². The Balaban J connectivity index is 1.87. The fraction of sp³-hybridized carbons (Fsp3) is 0.500. The molecule has 2 fully saturated rings. The van der Waals surface area contributed by atoms with Gasteiger partial charge in [0.25, 0.3) is 0 Å². The Labute approximate surface area is 128 Å². The molecule has 3 rings (SSSR count). The van der Waals surface area contributed by atoms with Gasteiger partial charge in [-0.3, -0.25) is 4.79 Å². The van der Waals surface area contributed by atoms with Crippen molar-refractivity contribution >= 4 is 15.6 Å². The van der Waals surface area contributed by atoms with Gasteiger partial charge < -0.3 is 0 Å². The van der Waals surface area contributed by atoms with Gasteiger partial charge in [0, 0.05) is 5.92 Å². The Morgan fingerprint density at radius 1 is 1.23 bits per heavy atom. The number of fused-ring (bicyclic) bond motifs is 2. The molecule has 2 unspecified atom stereocenters. The highest BCUT2D eigenvalue weighted by Crippen LogP contribution is 2.40. The first-order valence-electron chi connectivity index (χ1n) is 7.40. The lowest BCUT2D eigenvalue weighted by Gasteiger charge is -2.38. The highest BCUT2D eigenvalue weighted by molar-refractivity contribution is 7.92. The Morgan fingerprint density at radius 3 is 2.41 bits per heavy atom. The van der Waals surface area contributed by atoms with Crippen LogP contribution in [0.5, 0.6) is 0 Å². The molecule has 2 heterocycles. The van der Waals surface area contributed by atoms with E-state index in [-0.39, 0.29) is 29.8 Å². The number of nitriles is 1. The van der Waals surface area contributed by atoms with Crippen molar-refractivity contribution in [3.8, 4) is 6.07 Å². The van der Waals surface area contributed by atoms with E-state index in [1.807, 2.05) is 6.07 Å². The average molecular weight is 321 g/mol. The van der Waals surface area contributed by atoms with Crippen molar-refractivity contribution in [3.05, 3.63) is 35.1 Å². The summed E-state index contributed by atoms with van der Waals surface area (Å²) in [5.41, 5.74) is 0.124. The number of nitrogens with zero attached hydrogens (tertiary/aromatic N) is 1. The Bertz CT molecular complexity index is 746. The molecule has 2 aliphatic rings. The topological polar surface area (TPSA) is 75.0 Å². The summed E-state index contributed by atoms with van der Waals surface area (Å²) in [6.45, 7) is 0. The number of carbonyl (C=O) groups excluding carboxylic acids is 1. The van der Waals surface area contributed by atoms with Gasteiger partial charge in [0.15, 0.2) is 15.6 Å². The van der Waals surface area contributed by atoms with Gasteiger partial charge in [-0.15, -0.1) is 0 Å². The number of Topliss-reactive ketones (excluding diaryl/α,β-unsaturated/α-hetero) is 1. The lowest BCUT2D eigenvalue weighted by Crippen LogP contribution is -2.45. The van der Waals surface area contributed by atoms with Gasteiger partial charge >= 0.3 is 0 Å². The second-order valence-electron chi connectivity index (χ2n) is 6.10. The third-order valence-corrected chi connectivity index (χ3v) is 7.53. The zero-order valence-corrected chi connectivity index (χ0v) is 12.8. The quantitative estimate of drug-likeness (QED) is 0.785. The maximum atomic E-state index is 14.0. The van der Waals surface area contributed by atoms with Crippen molar-refractivity contribution in [2.45, 2.75) is 42.6 Å². The predicted molar refractivity (Wildman–Crippen MR) is 78.5 cm³/mol. The molecule has 1 aromatic rings. The van der Waals surface area contributed by atoms with Crippen LogP contribution in [0.4, 0.5) is 4.39 Å². The van der Waals surface area contributed by atoms with Crippen LogP contribution in [0.1, 0.15) is 48.0 Å². The molecule has 0 aromatic heterocycles. The standard InChI is InChI=1S/C16H16FNO3S/c17-15-6-10(9-18)4-5-14(15)16(19)11-7-12-2-1-3-13(8-11)22(12,20)21/h4-6,11-13H,1-3,7-8H2. The Hall–Kier alpha value is -1.74. The zero-order chi connectivity index (χ0) is 15.9. The number of benzene rings is 1. The molecule has 2 atom stereocenters. The minimum Gasteiger partial charge on any atom is -0.294 e. The molecule has 0 saturated carbocycles. The molecule has 2 bridgehead atoms. The molecule has 4 nitrogen and oxygen atoms in total. The number of sulfone groups is 1. The number of hydrogen-bond donors (Lipinski definition) is 0. The van der Waals surface area contributed by atoms with E-state index in [1.165, 1.54) is 12.1 Å². The molecule has 1 aromatic carbocycles. The smallest absolute Gasteiger partial charge is 0.168 e. The van der Waals surface area contributed by atoms with Crippen LogP contribution in [0.25, 0.3) is 0 Å². The van der Waals surface area contributed by atoms with Gasteiger partial charge in [-0.1, -0.05) is 6.42 Å². The van der Waals surface area contributed by atoms with Crippen molar-refractivity contribution < 1.29 is 17.6 Å². The first-order chi connectivity index (χ1) is 10.4. The fourth-order valence-corrected chi connectivity index (χ4v) is 6.16. The van der Waals surface area contributed by atoms with Gasteiger partial charge in [-0.05, 0) is 43.9 Å². The van der Waals surface area contributed by atoms with Crippen molar-refractivity contribution in [1.29, 1.82) is 5.26 Å². The SMILES string of the molecule is N#Cc1ccc(C(=O)C2CC3CCCC(C2)S3(=O)=O)c(F)c1. The van der Waals surface area contributed by atoms with E-state index in [2.05, 4.69) is 0 Å². The molecule has 22 heavy (non-hydrogen) atoms. The van der Waals surface area contributed by atoms with E-state index in [4.69, 9.17) is 5.26 Å². The normalized spacial score (nSPS) is 29.5. The van der Waals surface area contributed by atoms with Crippen molar-refractivity contribution in [1.82, 2.24) is 0 Å². The largest absolute Gasteiger partial charge is 0.294 e. The summed E-state index contributed by atoms with van der Waals surface area (Å²) in [7, 11) is -3.12. The number of rotatable bonds is 2. The predicted octanol–water partition coefficient (Wildman–Crippen LogP) is 2.63. The minimum absolute atomic E-state index is 0.0404. The van der Waals surface area contributed by atoms with Crippen LogP contribution in [0.2, 0.25) is 0 Å². The van der Waals surface area contributed by atoms with Gasteiger partial charge in [-0.25, -0.2) is 12.8 Å². The van der Waals surface area contributed by atoms with Crippen molar-refractivity contribution in [3.63, 3.8) is 0 Å². The maximum absolute atomic E-state index is 14.0. The van der Waals surface area contributed by atoms with Crippen LogP contribution in [0.3, 0.4) is 0 Å². The van der Waals surface area contributed by atoms with E-state index in [1.54, 1.807) is 0 Å². The first-order valence-corrected chi connectivity index (χ1v) is 9.01. The van der Waals surface area contributed by atoms with Gasteiger partial charge in [0.05, 0.1) is 27.7 Å². The lowest BCUT2D eigenvalue weighted by atomic mass is 9.84. The number of ketones is 1. The van der Waals surface area contributed by atoms with E-state index in [0.717, 1.165) is 12.5 Å². The second kappa shape index (κ2) is 5.47. The van der Waals surface area contributed by atoms with Crippen molar-refractivity contribution in [2.24, 2.45) is 5.92 Å². The number of halogens is 1. The Morgan fingerprint density at radius 2 is 1.86 bits per heavy atom. The maximum Gasteiger partial charge on any atom is 0.168 e. The van der Waals surface area contributed by atoms with Crippen LogP contribution >= 0.6 is 0 Å². The fourth-order valence-electron chi connectivity index (χ4n) is 3.63. The summed E-state index contributed by atoms with van der Waals surface area (Å²) in [5, 5.41) is 7.81. The highest BCUT2D eigenvalue weighted by Gasteiger charge is 2.46. The summed E-state index contributed by atoms with van der Waals surface area (Å²) in [6, 6.07) is 5.62. The van der Waals surface area contributed by atoms with Crippen LogP contribution in [-0.4, -0.2) is 24.7 Å². The second-order valence-corrected chi connectivity index (χ2v) is 8.61. The molecule has 6 heteroatoms. The lowest BCUT2D eigenvalue weighted by molar-refractivity contribution is 0.0890. The van der Waals surface area contributed by atoms with Crippen LogP contribution in [0, 0.1) is 23.1 Å². The van der Waals surface area contributed by atoms with Crippen molar-refractivity contribution in [2.75, 3.05) is 0 Å². The van der Waals surface area contributed by atoms with E-state index in [9.17, 15) is 17.6 Å². The Kier molecular flexibility index (Phi) is 3.77. The molecule has 0 aliphatic carbocycles. The number of carbonyl (C=O) groups is 1. The molecule has 0 N–H and O–H groups in total. The zero-order valence-electron chi connectivity index (χ0n) is 12.0. The van der Waals surface area contributed by atoms with Gasteiger partial charge in [0.1, 0.15) is 5.82 Å². The molecule has 0 amide bonds. The molecular formula is C16H16FNO3S. The molecule has 0 radical (unpaired) electrons. The summed E-state index contributed by atoms with van der Waals surface area (Å²) in [5.74, 6) is -1.49. The summed E-state index contributed by atoms with van der Waals surface area (Å²) < 4.78 is 38.5. The molecule has 0 spiro atoms. The number of hydrogen-bond acceptors (Lipinski definition) is 4. The molecular weight excluding hydrogens is 305 g/mol. The van der Waals surface area contributed by atoms with Crippen LogP contribution in [-0.2, 0) is 9.84 Å².